The maximum Gasteiger partial charge on any atom is 0.407 e. The molecule has 2 rings (SSSR count). The van der Waals surface area contributed by atoms with E-state index < -0.39 is 5.60 Å². The van der Waals surface area contributed by atoms with E-state index in [2.05, 4.69) is 41.8 Å². The van der Waals surface area contributed by atoms with Crippen LogP contribution in [0.5, 0.6) is 0 Å². The van der Waals surface area contributed by atoms with E-state index in [0.29, 0.717) is 6.04 Å². The van der Waals surface area contributed by atoms with Gasteiger partial charge in [-0.05, 0) is 58.2 Å². The Kier molecular flexibility index (Phi) is 4.88. The normalized spacial score (nSPS) is 22.7. The molecule has 0 aromatic heterocycles. The molecular weight excluding hydrogens is 264 g/mol. The predicted octanol–water partition coefficient (Wildman–Crippen LogP) is 3.31. The number of carbonyl (C=O) groups excluding carboxylic acids is 1. The summed E-state index contributed by atoms with van der Waals surface area (Å²) in [4.78, 5) is 11.9. The molecule has 1 aromatic carbocycles. The second kappa shape index (κ2) is 6.48. The Balaban J connectivity index is 1.95. The number of piperidine rings is 1. The predicted molar refractivity (Wildman–Crippen MR) is 84.3 cm³/mol. The Hall–Kier alpha value is -1.55. The highest BCUT2D eigenvalue weighted by Crippen LogP contribution is 2.25. The molecule has 4 nitrogen and oxygen atoms in total. The van der Waals surface area contributed by atoms with Crippen molar-refractivity contribution >= 4 is 6.09 Å². The molecule has 0 bridgehead atoms. The summed E-state index contributed by atoms with van der Waals surface area (Å²) in [5.74, 6) is 0. The number of hydrogen-bond acceptors (Lipinski definition) is 3. The maximum atomic E-state index is 11.9. The van der Waals surface area contributed by atoms with Gasteiger partial charge in [-0.3, -0.25) is 0 Å². The minimum absolute atomic E-state index is 0.158. The van der Waals surface area contributed by atoms with Crippen molar-refractivity contribution in [2.24, 2.45) is 0 Å². The third-order valence-electron chi connectivity index (χ3n) is 3.69. The second-order valence-electron chi connectivity index (χ2n) is 6.73. The molecule has 2 unspecified atom stereocenters. The highest BCUT2D eigenvalue weighted by atomic mass is 16.6. The summed E-state index contributed by atoms with van der Waals surface area (Å²) in [6.07, 6.45) is 1.50. The molecule has 1 aromatic rings. The lowest BCUT2D eigenvalue weighted by atomic mass is 9.91. The first-order valence-corrected chi connectivity index (χ1v) is 7.63. The third kappa shape index (κ3) is 4.74. The zero-order valence-corrected chi connectivity index (χ0v) is 13.4. The Labute approximate surface area is 127 Å². The monoisotopic (exact) mass is 290 g/mol. The van der Waals surface area contributed by atoms with Crippen molar-refractivity contribution in [1.29, 1.82) is 0 Å². The highest BCUT2D eigenvalue weighted by Gasteiger charge is 2.26. The van der Waals surface area contributed by atoms with E-state index in [1.165, 1.54) is 11.1 Å². The van der Waals surface area contributed by atoms with Gasteiger partial charge >= 0.3 is 6.09 Å². The molecule has 21 heavy (non-hydrogen) atoms. The van der Waals surface area contributed by atoms with E-state index >= 15 is 0 Å². The summed E-state index contributed by atoms with van der Waals surface area (Å²) in [6.45, 7) is 8.67. The summed E-state index contributed by atoms with van der Waals surface area (Å²) in [7, 11) is 0. The van der Waals surface area contributed by atoms with Gasteiger partial charge in [0.1, 0.15) is 5.60 Å². The Morgan fingerprint density at radius 3 is 2.71 bits per heavy atom. The Morgan fingerprint density at radius 1 is 1.33 bits per heavy atom. The highest BCUT2D eigenvalue weighted by molar-refractivity contribution is 5.68. The summed E-state index contributed by atoms with van der Waals surface area (Å²) in [5, 5.41) is 6.53. The second-order valence-corrected chi connectivity index (χ2v) is 6.73. The van der Waals surface area contributed by atoms with Crippen LogP contribution in [0, 0.1) is 6.92 Å². The minimum atomic E-state index is -0.452. The van der Waals surface area contributed by atoms with Crippen LogP contribution in [0.1, 0.15) is 50.8 Å². The molecule has 1 saturated heterocycles. The van der Waals surface area contributed by atoms with Crippen LogP contribution in [0.4, 0.5) is 4.79 Å². The van der Waals surface area contributed by atoms with Crippen LogP contribution in [-0.2, 0) is 4.74 Å². The first-order chi connectivity index (χ1) is 9.85. The van der Waals surface area contributed by atoms with E-state index in [0.717, 1.165) is 19.4 Å². The quantitative estimate of drug-likeness (QED) is 0.878. The van der Waals surface area contributed by atoms with Crippen molar-refractivity contribution in [3.05, 3.63) is 35.4 Å². The Bertz CT molecular complexity index is 494. The SMILES string of the molecule is Cc1ccccc1C1CC(NC(=O)OC(C)(C)C)CCN1. The number of amides is 1. The molecule has 2 atom stereocenters. The molecule has 2 N–H and O–H groups in total. The van der Waals surface area contributed by atoms with Crippen LogP contribution >= 0.6 is 0 Å². The first kappa shape index (κ1) is 15.8. The number of ether oxygens (including phenoxy) is 1. The molecule has 0 saturated carbocycles. The van der Waals surface area contributed by atoms with Crippen LogP contribution < -0.4 is 10.6 Å². The van der Waals surface area contributed by atoms with E-state index in [1.807, 2.05) is 20.8 Å². The lowest BCUT2D eigenvalue weighted by Gasteiger charge is -2.32. The smallest absolute Gasteiger partial charge is 0.407 e. The van der Waals surface area contributed by atoms with Crippen molar-refractivity contribution in [2.75, 3.05) is 6.54 Å². The summed E-state index contributed by atoms with van der Waals surface area (Å²) in [5.41, 5.74) is 2.15. The van der Waals surface area contributed by atoms with E-state index in [1.54, 1.807) is 0 Å². The molecule has 0 radical (unpaired) electrons. The van der Waals surface area contributed by atoms with Crippen molar-refractivity contribution in [2.45, 2.75) is 58.2 Å². The van der Waals surface area contributed by atoms with Gasteiger partial charge in [0.2, 0.25) is 0 Å². The third-order valence-corrected chi connectivity index (χ3v) is 3.69. The van der Waals surface area contributed by atoms with Crippen LogP contribution in [-0.4, -0.2) is 24.3 Å². The fourth-order valence-corrected chi connectivity index (χ4v) is 2.74. The first-order valence-electron chi connectivity index (χ1n) is 7.63. The van der Waals surface area contributed by atoms with Crippen molar-refractivity contribution < 1.29 is 9.53 Å². The molecule has 1 heterocycles. The van der Waals surface area contributed by atoms with Gasteiger partial charge in [-0.15, -0.1) is 0 Å². The van der Waals surface area contributed by atoms with Gasteiger partial charge in [0.25, 0.3) is 0 Å². The standard InChI is InChI=1S/C17H26N2O2/c1-12-7-5-6-8-14(12)15-11-13(9-10-18-15)19-16(20)21-17(2,3)4/h5-8,13,15,18H,9-11H2,1-4H3,(H,19,20). The van der Waals surface area contributed by atoms with E-state index in [4.69, 9.17) is 4.74 Å². The summed E-state index contributed by atoms with van der Waals surface area (Å²) in [6, 6.07) is 8.85. The van der Waals surface area contributed by atoms with E-state index in [9.17, 15) is 4.79 Å². The zero-order valence-electron chi connectivity index (χ0n) is 13.4. The fourth-order valence-electron chi connectivity index (χ4n) is 2.74. The average Bonchev–Trinajstić information content (AvgIpc) is 2.37. The van der Waals surface area contributed by atoms with Crippen LogP contribution in [0.3, 0.4) is 0 Å². The van der Waals surface area contributed by atoms with Gasteiger partial charge in [-0.25, -0.2) is 4.79 Å². The Morgan fingerprint density at radius 2 is 2.05 bits per heavy atom. The molecule has 0 aliphatic carbocycles. The molecule has 0 spiro atoms. The van der Waals surface area contributed by atoms with Crippen molar-refractivity contribution in [1.82, 2.24) is 10.6 Å². The molecule has 1 fully saturated rings. The number of nitrogens with one attached hydrogen (secondary N) is 2. The van der Waals surface area contributed by atoms with Crippen LogP contribution in [0.25, 0.3) is 0 Å². The largest absolute Gasteiger partial charge is 0.444 e. The van der Waals surface area contributed by atoms with Gasteiger partial charge in [0, 0.05) is 12.1 Å². The lowest BCUT2D eigenvalue weighted by molar-refractivity contribution is 0.0490. The van der Waals surface area contributed by atoms with Gasteiger partial charge < -0.3 is 15.4 Å². The topological polar surface area (TPSA) is 50.4 Å². The van der Waals surface area contributed by atoms with Crippen molar-refractivity contribution in [3.63, 3.8) is 0 Å². The number of alkyl carbamates (subject to hydrolysis) is 1. The molecular formula is C17H26N2O2. The number of rotatable bonds is 2. The van der Waals surface area contributed by atoms with E-state index in [-0.39, 0.29) is 12.1 Å². The molecule has 1 amide bonds. The van der Waals surface area contributed by atoms with Crippen molar-refractivity contribution in [3.8, 4) is 0 Å². The summed E-state index contributed by atoms with van der Waals surface area (Å²) >= 11 is 0. The summed E-state index contributed by atoms with van der Waals surface area (Å²) < 4.78 is 5.33. The van der Waals surface area contributed by atoms with Gasteiger partial charge in [0.15, 0.2) is 0 Å². The molecule has 4 heteroatoms. The molecule has 116 valence electrons. The number of hydrogen-bond donors (Lipinski definition) is 2. The molecule has 1 aliphatic heterocycles. The van der Waals surface area contributed by atoms with Gasteiger partial charge in [-0.2, -0.15) is 0 Å². The maximum absolute atomic E-state index is 11.9. The number of carbonyl (C=O) groups is 1. The van der Waals surface area contributed by atoms with Gasteiger partial charge in [0.05, 0.1) is 0 Å². The van der Waals surface area contributed by atoms with Gasteiger partial charge in [-0.1, -0.05) is 24.3 Å². The lowest BCUT2D eigenvalue weighted by Crippen LogP contribution is -2.45. The zero-order chi connectivity index (χ0) is 15.5. The van der Waals surface area contributed by atoms with Crippen LogP contribution in [0.15, 0.2) is 24.3 Å². The molecule has 1 aliphatic rings. The fraction of sp³-hybridized carbons (Fsp3) is 0.588. The average molecular weight is 290 g/mol. The minimum Gasteiger partial charge on any atom is -0.444 e. The number of aryl methyl sites for hydroxylation is 1. The van der Waals surface area contributed by atoms with Crippen LogP contribution in [0.2, 0.25) is 0 Å². The number of benzene rings is 1.